The lowest BCUT2D eigenvalue weighted by Crippen LogP contribution is -2.27. The van der Waals surface area contributed by atoms with Crippen LogP contribution in [0.25, 0.3) is 0 Å². The molecular formula is C10H20N2. The maximum atomic E-state index is 5.52. The quantitative estimate of drug-likeness (QED) is 0.683. The van der Waals surface area contributed by atoms with Crippen LogP contribution in [0.2, 0.25) is 0 Å². The second kappa shape index (κ2) is 3.35. The van der Waals surface area contributed by atoms with Crippen molar-refractivity contribution in [3.8, 4) is 0 Å². The fourth-order valence-corrected chi connectivity index (χ4v) is 2.93. The van der Waals surface area contributed by atoms with E-state index in [1.807, 2.05) is 0 Å². The third-order valence-corrected chi connectivity index (χ3v) is 3.59. The molecule has 2 heteroatoms. The molecule has 0 aromatic rings. The molecule has 2 rings (SSSR count). The Morgan fingerprint density at radius 2 is 2.33 bits per heavy atom. The van der Waals surface area contributed by atoms with Crippen LogP contribution in [0, 0.1) is 11.8 Å². The number of hydrogen-bond donors (Lipinski definition) is 1. The Hall–Kier alpha value is -0.0800. The Kier molecular flexibility index (Phi) is 2.37. The molecule has 0 aromatic heterocycles. The van der Waals surface area contributed by atoms with Crippen LogP contribution in [0.3, 0.4) is 0 Å². The van der Waals surface area contributed by atoms with Crippen molar-refractivity contribution >= 4 is 0 Å². The minimum Gasteiger partial charge on any atom is -0.330 e. The SMILES string of the molecule is CN1CCC[C@@H]2C(CCCN)[C@@H]21. The highest BCUT2D eigenvalue weighted by Gasteiger charge is 2.52. The average molecular weight is 168 g/mol. The molecule has 1 unspecified atom stereocenters. The minimum absolute atomic E-state index is 0.875. The first-order valence-electron chi connectivity index (χ1n) is 5.25. The Labute approximate surface area is 75.1 Å². The van der Waals surface area contributed by atoms with Gasteiger partial charge in [0.15, 0.2) is 0 Å². The van der Waals surface area contributed by atoms with E-state index < -0.39 is 0 Å². The van der Waals surface area contributed by atoms with Crippen molar-refractivity contribution in [2.45, 2.75) is 31.7 Å². The van der Waals surface area contributed by atoms with Crippen molar-refractivity contribution in [2.75, 3.05) is 20.1 Å². The zero-order valence-electron chi connectivity index (χ0n) is 8.00. The van der Waals surface area contributed by atoms with Crippen LogP contribution < -0.4 is 5.73 Å². The van der Waals surface area contributed by atoms with Crippen molar-refractivity contribution in [3.63, 3.8) is 0 Å². The zero-order chi connectivity index (χ0) is 8.55. The molecule has 0 aromatic carbocycles. The van der Waals surface area contributed by atoms with Gasteiger partial charge in [0.2, 0.25) is 0 Å². The average Bonchev–Trinajstić information content (AvgIpc) is 2.77. The summed E-state index contributed by atoms with van der Waals surface area (Å²) in [6, 6.07) is 0.935. The van der Waals surface area contributed by atoms with Gasteiger partial charge in [-0.1, -0.05) is 0 Å². The Bertz CT molecular complexity index is 158. The second-order valence-corrected chi connectivity index (χ2v) is 4.37. The normalized spacial score (nSPS) is 41.0. The number of fused-ring (bicyclic) bond motifs is 1. The van der Waals surface area contributed by atoms with E-state index in [0.717, 1.165) is 24.4 Å². The van der Waals surface area contributed by atoms with Crippen LogP contribution in [0.5, 0.6) is 0 Å². The zero-order valence-corrected chi connectivity index (χ0v) is 8.00. The summed E-state index contributed by atoms with van der Waals surface area (Å²) < 4.78 is 0. The molecule has 3 atom stereocenters. The molecule has 2 nitrogen and oxygen atoms in total. The van der Waals surface area contributed by atoms with Crippen LogP contribution in [-0.4, -0.2) is 31.1 Å². The maximum absolute atomic E-state index is 5.52. The van der Waals surface area contributed by atoms with Gasteiger partial charge in [-0.2, -0.15) is 0 Å². The third kappa shape index (κ3) is 1.38. The molecular weight excluding hydrogens is 148 g/mol. The molecule has 70 valence electrons. The summed E-state index contributed by atoms with van der Waals surface area (Å²) in [5, 5.41) is 0. The predicted molar refractivity (Wildman–Crippen MR) is 50.9 cm³/mol. The highest BCUT2D eigenvalue weighted by molar-refractivity contribution is 5.05. The van der Waals surface area contributed by atoms with Gasteiger partial charge in [-0.25, -0.2) is 0 Å². The number of nitrogens with zero attached hydrogens (tertiary/aromatic N) is 1. The standard InChI is InChI=1S/C10H20N2/c1-12-7-3-5-9-8(10(9)12)4-2-6-11/h8-10H,2-7,11H2,1H3/t8?,9-,10+/m1/s1. The molecule has 1 saturated heterocycles. The van der Waals surface area contributed by atoms with Gasteiger partial charge in [0.25, 0.3) is 0 Å². The van der Waals surface area contributed by atoms with E-state index in [4.69, 9.17) is 5.73 Å². The van der Waals surface area contributed by atoms with Crippen LogP contribution in [0.4, 0.5) is 0 Å². The van der Waals surface area contributed by atoms with Crippen LogP contribution in [-0.2, 0) is 0 Å². The third-order valence-electron chi connectivity index (χ3n) is 3.59. The molecule has 0 amide bonds. The highest BCUT2D eigenvalue weighted by atomic mass is 15.2. The van der Waals surface area contributed by atoms with Crippen molar-refractivity contribution < 1.29 is 0 Å². The summed E-state index contributed by atoms with van der Waals surface area (Å²) >= 11 is 0. The fourth-order valence-electron chi connectivity index (χ4n) is 2.93. The predicted octanol–water partition coefficient (Wildman–Crippen LogP) is 1.07. The smallest absolute Gasteiger partial charge is 0.0155 e. The topological polar surface area (TPSA) is 29.3 Å². The van der Waals surface area contributed by atoms with Crippen molar-refractivity contribution in [3.05, 3.63) is 0 Å². The van der Waals surface area contributed by atoms with Gasteiger partial charge in [-0.3, -0.25) is 0 Å². The summed E-state index contributed by atoms with van der Waals surface area (Å²) in [7, 11) is 2.28. The molecule has 0 spiro atoms. The summed E-state index contributed by atoms with van der Waals surface area (Å²) in [4.78, 5) is 2.55. The molecule has 2 N–H and O–H groups in total. The monoisotopic (exact) mass is 168 g/mol. The van der Waals surface area contributed by atoms with E-state index in [1.165, 1.54) is 32.2 Å². The van der Waals surface area contributed by atoms with Gasteiger partial charge in [0.05, 0.1) is 0 Å². The van der Waals surface area contributed by atoms with E-state index in [2.05, 4.69) is 11.9 Å². The van der Waals surface area contributed by atoms with Crippen LogP contribution >= 0.6 is 0 Å². The number of piperidine rings is 1. The van der Waals surface area contributed by atoms with E-state index >= 15 is 0 Å². The Morgan fingerprint density at radius 1 is 1.50 bits per heavy atom. The molecule has 2 aliphatic rings. The van der Waals surface area contributed by atoms with Gasteiger partial charge in [0.1, 0.15) is 0 Å². The number of hydrogen-bond acceptors (Lipinski definition) is 2. The van der Waals surface area contributed by atoms with E-state index in [9.17, 15) is 0 Å². The summed E-state index contributed by atoms with van der Waals surface area (Å²) in [5.74, 6) is 2.04. The summed E-state index contributed by atoms with van der Waals surface area (Å²) in [6.45, 7) is 2.19. The lowest BCUT2D eigenvalue weighted by molar-refractivity contribution is 0.259. The van der Waals surface area contributed by atoms with Gasteiger partial charge in [-0.15, -0.1) is 0 Å². The van der Waals surface area contributed by atoms with Gasteiger partial charge in [0, 0.05) is 6.04 Å². The maximum Gasteiger partial charge on any atom is 0.0155 e. The first-order chi connectivity index (χ1) is 5.84. The number of nitrogens with two attached hydrogens (primary N) is 1. The van der Waals surface area contributed by atoms with Gasteiger partial charge in [-0.05, 0) is 57.7 Å². The molecule has 1 aliphatic carbocycles. The second-order valence-electron chi connectivity index (χ2n) is 4.37. The largest absolute Gasteiger partial charge is 0.330 e. The minimum atomic E-state index is 0.875. The molecule has 1 heterocycles. The van der Waals surface area contributed by atoms with E-state index in [0.29, 0.717) is 0 Å². The first kappa shape index (κ1) is 8.52. The molecule has 2 fully saturated rings. The van der Waals surface area contributed by atoms with E-state index in [1.54, 1.807) is 0 Å². The highest BCUT2D eigenvalue weighted by Crippen LogP contribution is 2.50. The number of rotatable bonds is 3. The molecule has 0 radical (unpaired) electrons. The summed E-state index contributed by atoms with van der Waals surface area (Å²) in [6.07, 6.45) is 5.49. The van der Waals surface area contributed by atoms with Crippen molar-refractivity contribution in [2.24, 2.45) is 17.6 Å². The molecule has 1 aliphatic heterocycles. The molecule has 1 saturated carbocycles. The Balaban J connectivity index is 1.80. The molecule has 12 heavy (non-hydrogen) atoms. The van der Waals surface area contributed by atoms with Crippen molar-refractivity contribution in [1.29, 1.82) is 0 Å². The van der Waals surface area contributed by atoms with E-state index in [-0.39, 0.29) is 0 Å². The lowest BCUT2D eigenvalue weighted by Gasteiger charge is -2.20. The van der Waals surface area contributed by atoms with Crippen molar-refractivity contribution in [1.82, 2.24) is 4.90 Å². The lowest BCUT2D eigenvalue weighted by atomic mass is 10.1. The Morgan fingerprint density at radius 3 is 3.00 bits per heavy atom. The van der Waals surface area contributed by atoms with Gasteiger partial charge < -0.3 is 10.6 Å². The summed E-state index contributed by atoms with van der Waals surface area (Å²) in [5.41, 5.74) is 5.52. The first-order valence-corrected chi connectivity index (χ1v) is 5.25. The van der Waals surface area contributed by atoms with Gasteiger partial charge >= 0.3 is 0 Å². The fraction of sp³-hybridized carbons (Fsp3) is 1.00. The van der Waals surface area contributed by atoms with Crippen LogP contribution in [0.15, 0.2) is 0 Å². The number of likely N-dealkylation sites (tertiary alicyclic amines) is 1. The molecule has 0 bridgehead atoms. The van der Waals surface area contributed by atoms with Crippen LogP contribution in [0.1, 0.15) is 25.7 Å².